The van der Waals surface area contributed by atoms with Crippen molar-refractivity contribution in [3.8, 4) is 16.9 Å². The van der Waals surface area contributed by atoms with E-state index in [9.17, 15) is 9.18 Å². The van der Waals surface area contributed by atoms with Crippen LogP contribution in [0.2, 0.25) is 0 Å². The zero-order valence-corrected chi connectivity index (χ0v) is 9.38. The number of carbonyl (C=O) groups excluding carboxylic acids is 1. The first kappa shape index (κ1) is 10.8. The summed E-state index contributed by atoms with van der Waals surface area (Å²) in [4.78, 5) is 10.8. The van der Waals surface area contributed by atoms with Crippen LogP contribution in [0.4, 0.5) is 4.39 Å². The van der Waals surface area contributed by atoms with Crippen LogP contribution in [-0.2, 0) is 0 Å². The second-order valence-corrected chi connectivity index (χ2v) is 3.99. The molecule has 1 aromatic heterocycles. The Hall–Kier alpha value is -1.68. The van der Waals surface area contributed by atoms with Crippen LogP contribution in [0.15, 0.2) is 29.0 Å². The van der Waals surface area contributed by atoms with E-state index in [0.29, 0.717) is 17.6 Å². The van der Waals surface area contributed by atoms with Crippen LogP contribution in [-0.4, -0.2) is 13.4 Å². The van der Waals surface area contributed by atoms with Gasteiger partial charge in [0.15, 0.2) is 6.29 Å². The fraction of sp³-hybridized carbons (Fsp3) is 0.0833. The molecule has 0 N–H and O–H groups in total. The van der Waals surface area contributed by atoms with Gasteiger partial charge < -0.3 is 4.74 Å². The topological polar surface area (TPSA) is 26.3 Å². The molecule has 0 radical (unpaired) electrons. The Kier molecular flexibility index (Phi) is 3.01. The van der Waals surface area contributed by atoms with Crippen molar-refractivity contribution in [2.24, 2.45) is 0 Å². The molecule has 16 heavy (non-hydrogen) atoms. The van der Waals surface area contributed by atoms with Crippen LogP contribution in [0.1, 0.15) is 10.4 Å². The number of carbonyl (C=O) groups is 1. The number of hydrogen-bond donors (Lipinski definition) is 0. The Morgan fingerprint density at radius 1 is 1.44 bits per heavy atom. The highest BCUT2D eigenvalue weighted by Crippen LogP contribution is 2.34. The van der Waals surface area contributed by atoms with Gasteiger partial charge in [-0.1, -0.05) is 0 Å². The molecule has 0 fully saturated rings. The van der Waals surface area contributed by atoms with E-state index in [1.54, 1.807) is 0 Å². The van der Waals surface area contributed by atoms with E-state index in [-0.39, 0.29) is 5.56 Å². The molecule has 82 valence electrons. The van der Waals surface area contributed by atoms with Gasteiger partial charge in [-0.3, -0.25) is 4.79 Å². The summed E-state index contributed by atoms with van der Waals surface area (Å²) in [6.07, 6.45) is 0.595. The molecule has 0 bridgehead atoms. The summed E-state index contributed by atoms with van der Waals surface area (Å²) in [7, 11) is 1.47. The van der Waals surface area contributed by atoms with Crippen LogP contribution >= 0.6 is 11.3 Å². The van der Waals surface area contributed by atoms with Crippen molar-refractivity contribution in [2.75, 3.05) is 7.11 Å². The highest BCUT2D eigenvalue weighted by Gasteiger charge is 2.13. The maximum Gasteiger partial charge on any atom is 0.153 e. The molecule has 2 aromatic rings. The van der Waals surface area contributed by atoms with E-state index in [4.69, 9.17) is 4.74 Å². The van der Waals surface area contributed by atoms with Gasteiger partial charge in [-0.15, -0.1) is 0 Å². The molecule has 1 aromatic carbocycles. The van der Waals surface area contributed by atoms with Gasteiger partial charge >= 0.3 is 0 Å². The summed E-state index contributed by atoms with van der Waals surface area (Å²) in [5, 5.41) is 3.77. The highest BCUT2D eigenvalue weighted by molar-refractivity contribution is 7.08. The number of ether oxygens (including phenoxy) is 1. The van der Waals surface area contributed by atoms with Crippen molar-refractivity contribution in [3.05, 3.63) is 40.3 Å². The molecule has 0 aliphatic heterocycles. The number of hydrogen-bond acceptors (Lipinski definition) is 3. The first-order valence-corrected chi connectivity index (χ1v) is 5.56. The Labute approximate surface area is 96.3 Å². The first-order valence-electron chi connectivity index (χ1n) is 4.61. The molecular weight excluding hydrogens is 227 g/mol. The third kappa shape index (κ3) is 1.84. The molecule has 1 heterocycles. The van der Waals surface area contributed by atoms with Crippen LogP contribution in [0, 0.1) is 5.82 Å². The number of methoxy groups -OCH3 is 1. The molecular formula is C12H9FO2S. The lowest BCUT2D eigenvalue weighted by Gasteiger charge is -2.09. The van der Waals surface area contributed by atoms with Gasteiger partial charge in [0.2, 0.25) is 0 Å². The summed E-state index contributed by atoms with van der Waals surface area (Å²) >= 11 is 1.51. The highest BCUT2D eigenvalue weighted by atomic mass is 32.1. The lowest BCUT2D eigenvalue weighted by atomic mass is 10.0. The monoisotopic (exact) mass is 236 g/mol. The Bertz CT molecular complexity index is 506. The smallest absolute Gasteiger partial charge is 0.153 e. The predicted molar refractivity (Wildman–Crippen MR) is 61.7 cm³/mol. The third-order valence-electron chi connectivity index (χ3n) is 2.25. The summed E-state index contributed by atoms with van der Waals surface area (Å²) in [6.45, 7) is 0. The molecule has 0 aliphatic rings. The second-order valence-electron chi connectivity index (χ2n) is 3.21. The average molecular weight is 236 g/mol. The molecule has 0 atom stereocenters. The van der Waals surface area contributed by atoms with E-state index < -0.39 is 5.82 Å². The molecule has 0 unspecified atom stereocenters. The van der Waals surface area contributed by atoms with Gasteiger partial charge in [0.25, 0.3) is 0 Å². The van der Waals surface area contributed by atoms with E-state index >= 15 is 0 Å². The van der Waals surface area contributed by atoms with Gasteiger partial charge in [0, 0.05) is 5.56 Å². The standard InChI is InChI=1S/C12H9FO2S/c1-15-12-9(6-14)4-10(13)5-11(12)8-2-3-16-7-8/h2-7H,1H3. The molecule has 4 heteroatoms. The van der Waals surface area contributed by atoms with Gasteiger partial charge in [0.1, 0.15) is 11.6 Å². The fourth-order valence-electron chi connectivity index (χ4n) is 1.56. The second kappa shape index (κ2) is 4.45. The quantitative estimate of drug-likeness (QED) is 0.764. The summed E-state index contributed by atoms with van der Waals surface area (Å²) in [5.41, 5.74) is 1.68. The average Bonchev–Trinajstić information content (AvgIpc) is 2.81. The van der Waals surface area contributed by atoms with Crippen LogP contribution in [0.25, 0.3) is 11.1 Å². The zero-order valence-electron chi connectivity index (χ0n) is 8.57. The summed E-state index contributed by atoms with van der Waals surface area (Å²) in [5.74, 6) is -0.0288. The third-order valence-corrected chi connectivity index (χ3v) is 2.93. The van der Waals surface area contributed by atoms with Gasteiger partial charge in [-0.25, -0.2) is 4.39 Å². The van der Waals surface area contributed by atoms with E-state index in [1.807, 2.05) is 16.8 Å². The van der Waals surface area contributed by atoms with Gasteiger partial charge in [-0.2, -0.15) is 11.3 Å². The normalized spacial score (nSPS) is 10.1. The SMILES string of the molecule is COc1c(C=O)cc(F)cc1-c1ccsc1. The maximum atomic E-state index is 13.3. The number of thiophene rings is 1. The van der Waals surface area contributed by atoms with Crippen LogP contribution in [0.5, 0.6) is 5.75 Å². The number of rotatable bonds is 3. The molecule has 0 aliphatic carbocycles. The molecule has 0 saturated carbocycles. The minimum absolute atomic E-state index is 0.226. The summed E-state index contributed by atoms with van der Waals surface area (Å²) < 4.78 is 18.5. The van der Waals surface area contributed by atoms with E-state index in [2.05, 4.69) is 0 Å². The van der Waals surface area contributed by atoms with Gasteiger partial charge in [-0.05, 0) is 34.5 Å². The molecule has 2 nitrogen and oxygen atoms in total. The zero-order chi connectivity index (χ0) is 11.5. The van der Waals surface area contributed by atoms with Crippen molar-refractivity contribution in [1.82, 2.24) is 0 Å². The van der Waals surface area contributed by atoms with E-state index in [0.717, 1.165) is 5.56 Å². The maximum absolute atomic E-state index is 13.3. The Morgan fingerprint density at radius 3 is 2.81 bits per heavy atom. The van der Waals surface area contributed by atoms with Crippen LogP contribution in [0.3, 0.4) is 0 Å². The predicted octanol–water partition coefficient (Wildman–Crippen LogP) is 3.38. The van der Waals surface area contributed by atoms with Crippen molar-refractivity contribution in [3.63, 3.8) is 0 Å². The minimum atomic E-state index is -0.441. The van der Waals surface area contributed by atoms with Gasteiger partial charge in [0.05, 0.1) is 12.7 Å². The molecule has 2 rings (SSSR count). The fourth-order valence-corrected chi connectivity index (χ4v) is 2.22. The largest absolute Gasteiger partial charge is 0.495 e. The molecule has 0 saturated heterocycles. The Balaban J connectivity index is 2.68. The molecule has 0 amide bonds. The van der Waals surface area contributed by atoms with Crippen molar-refractivity contribution >= 4 is 17.6 Å². The number of benzene rings is 1. The Morgan fingerprint density at radius 2 is 2.25 bits per heavy atom. The van der Waals surface area contributed by atoms with E-state index in [1.165, 1.54) is 30.6 Å². The number of aldehydes is 1. The number of halogens is 1. The lowest BCUT2D eigenvalue weighted by Crippen LogP contribution is -1.95. The van der Waals surface area contributed by atoms with Crippen molar-refractivity contribution < 1.29 is 13.9 Å². The summed E-state index contributed by atoms with van der Waals surface area (Å²) in [6, 6.07) is 4.39. The van der Waals surface area contributed by atoms with Crippen molar-refractivity contribution in [1.29, 1.82) is 0 Å². The first-order chi connectivity index (χ1) is 7.76. The molecule has 0 spiro atoms. The lowest BCUT2D eigenvalue weighted by molar-refractivity contribution is 0.112. The van der Waals surface area contributed by atoms with Crippen molar-refractivity contribution in [2.45, 2.75) is 0 Å². The van der Waals surface area contributed by atoms with Crippen LogP contribution < -0.4 is 4.74 Å². The minimum Gasteiger partial charge on any atom is -0.495 e.